The summed E-state index contributed by atoms with van der Waals surface area (Å²) in [6.07, 6.45) is -1.99. The van der Waals surface area contributed by atoms with E-state index in [4.69, 9.17) is 5.26 Å². The van der Waals surface area contributed by atoms with Gasteiger partial charge in [-0.05, 0) is 43.2 Å². The van der Waals surface area contributed by atoms with Gasteiger partial charge in [0.15, 0.2) is 0 Å². The molecule has 184 valence electrons. The van der Waals surface area contributed by atoms with Crippen LogP contribution in [-0.2, 0) is 11.0 Å². The number of hydrogen-bond acceptors (Lipinski definition) is 5. The second kappa shape index (κ2) is 9.21. The number of nitrogens with zero attached hydrogens (tertiary/aromatic N) is 5. The molecule has 10 heteroatoms. The van der Waals surface area contributed by atoms with Gasteiger partial charge in [0.25, 0.3) is 5.91 Å². The van der Waals surface area contributed by atoms with Crippen LogP contribution in [0.15, 0.2) is 42.6 Å². The summed E-state index contributed by atoms with van der Waals surface area (Å²) in [4.78, 5) is 35.4. The van der Waals surface area contributed by atoms with E-state index in [2.05, 4.69) is 4.98 Å². The standard InChI is InChI=1S/C25H26F3N5O2/c1-31(2)22(34)20-15-33(23(35)21-5-3-4-10-30-21)16-24(20)8-11-32(12-9-24)18-7-6-17(14-29)19(13-18)25(26,27)28/h3-7,10,13,20H,8-9,11-12,15-16H2,1-2H3. The number of nitriles is 1. The van der Waals surface area contributed by atoms with Crippen LogP contribution in [0.2, 0.25) is 0 Å². The minimum atomic E-state index is -4.63. The summed E-state index contributed by atoms with van der Waals surface area (Å²) < 4.78 is 40.3. The summed E-state index contributed by atoms with van der Waals surface area (Å²) in [7, 11) is 3.37. The Kier molecular flexibility index (Phi) is 6.45. The largest absolute Gasteiger partial charge is 0.417 e. The first-order chi connectivity index (χ1) is 16.6. The fourth-order valence-electron chi connectivity index (χ4n) is 5.20. The first kappa shape index (κ1) is 24.5. The van der Waals surface area contributed by atoms with Crippen LogP contribution in [0.3, 0.4) is 0 Å². The molecule has 2 aliphatic rings. The van der Waals surface area contributed by atoms with E-state index in [9.17, 15) is 22.8 Å². The predicted octanol–water partition coefficient (Wildman–Crippen LogP) is 3.42. The van der Waals surface area contributed by atoms with Crippen LogP contribution in [-0.4, -0.2) is 66.9 Å². The Morgan fingerprint density at radius 2 is 1.89 bits per heavy atom. The van der Waals surface area contributed by atoms with Gasteiger partial charge in [-0.15, -0.1) is 0 Å². The van der Waals surface area contributed by atoms with E-state index in [0.717, 1.165) is 6.07 Å². The molecule has 0 radical (unpaired) electrons. The molecule has 2 aliphatic heterocycles. The van der Waals surface area contributed by atoms with Crippen LogP contribution < -0.4 is 4.90 Å². The summed E-state index contributed by atoms with van der Waals surface area (Å²) >= 11 is 0. The van der Waals surface area contributed by atoms with E-state index in [1.54, 1.807) is 49.5 Å². The first-order valence-corrected chi connectivity index (χ1v) is 11.3. The molecule has 1 spiro atoms. The number of hydrogen-bond donors (Lipinski definition) is 0. The first-order valence-electron chi connectivity index (χ1n) is 11.3. The average molecular weight is 486 g/mol. The Morgan fingerprint density at radius 3 is 2.46 bits per heavy atom. The third kappa shape index (κ3) is 4.67. The number of carbonyl (C=O) groups is 2. The number of anilines is 1. The van der Waals surface area contributed by atoms with Gasteiger partial charge in [-0.1, -0.05) is 6.07 Å². The van der Waals surface area contributed by atoms with Crippen LogP contribution in [0, 0.1) is 22.7 Å². The highest BCUT2D eigenvalue weighted by atomic mass is 19.4. The van der Waals surface area contributed by atoms with Crippen molar-refractivity contribution in [3.05, 3.63) is 59.4 Å². The minimum absolute atomic E-state index is 0.0625. The molecule has 1 unspecified atom stereocenters. The highest BCUT2D eigenvalue weighted by molar-refractivity contribution is 5.93. The van der Waals surface area contributed by atoms with Gasteiger partial charge in [-0.25, -0.2) is 0 Å². The van der Waals surface area contributed by atoms with Crippen LogP contribution >= 0.6 is 0 Å². The lowest BCUT2D eigenvalue weighted by Crippen LogP contribution is -2.48. The van der Waals surface area contributed by atoms with Crippen molar-refractivity contribution in [3.63, 3.8) is 0 Å². The zero-order valence-electron chi connectivity index (χ0n) is 19.5. The molecule has 0 saturated carbocycles. The number of alkyl halides is 3. The van der Waals surface area contributed by atoms with Crippen molar-refractivity contribution in [1.82, 2.24) is 14.8 Å². The van der Waals surface area contributed by atoms with Gasteiger partial charge in [0.2, 0.25) is 5.91 Å². The molecule has 2 amide bonds. The van der Waals surface area contributed by atoms with E-state index in [1.807, 2.05) is 4.90 Å². The van der Waals surface area contributed by atoms with Gasteiger partial charge in [0, 0.05) is 57.6 Å². The highest BCUT2D eigenvalue weighted by Gasteiger charge is 2.53. The fourth-order valence-corrected chi connectivity index (χ4v) is 5.20. The van der Waals surface area contributed by atoms with Crippen molar-refractivity contribution in [2.75, 3.05) is 45.2 Å². The monoisotopic (exact) mass is 485 g/mol. The van der Waals surface area contributed by atoms with Gasteiger partial charge in [-0.3, -0.25) is 14.6 Å². The Bertz CT molecular complexity index is 1150. The molecule has 2 saturated heterocycles. The molecule has 3 heterocycles. The molecule has 4 rings (SSSR count). The van der Waals surface area contributed by atoms with Gasteiger partial charge in [-0.2, -0.15) is 18.4 Å². The lowest BCUT2D eigenvalue weighted by Gasteiger charge is -2.43. The molecule has 1 aromatic heterocycles. The highest BCUT2D eigenvalue weighted by Crippen LogP contribution is 2.46. The quantitative estimate of drug-likeness (QED) is 0.666. The Morgan fingerprint density at radius 1 is 1.17 bits per heavy atom. The van der Waals surface area contributed by atoms with Gasteiger partial charge < -0.3 is 14.7 Å². The van der Waals surface area contributed by atoms with Crippen molar-refractivity contribution in [2.45, 2.75) is 19.0 Å². The number of amides is 2. The molecule has 2 aromatic rings. The lowest BCUT2D eigenvalue weighted by molar-refractivity contribution is -0.138. The zero-order chi connectivity index (χ0) is 25.4. The maximum atomic E-state index is 13.4. The van der Waals surface area contributed by atoms with Crippen LogP contribution in [0.5, 0.6) is 0 Å². The number of benzene rings is 1. The maximum Gasteiger partial charge on any atom is 0.417 e. The summed E-state index contributed by atoms with van der Waals surface area (Å²) in [5.41, 5.74) is -1.13. The topological polar surface area (TPSA) is 80.5 Å². The van der Waals surface area contributed by atoms with Crippen LogP contribution in [0.4, 0.5) is 18.9 Å². The predicted molar refractivity (Wildman–Crippen MR) is 122 cm³/mol. The molecule has 0 aliphatic carbocycles. The summed E-state index contributed by atoms with van der Waals surface area (Å²) in [6.45, 7) is 1.54. The van der Waals surface area contributed by atoms with Crippen molar-refractivity contribution in [2.24, 2.45) is 11.3 Å². The molecular formula is C25H26F3N5O2. The second-order valence-electron chi connectivity index (χ2n) is 9.37. The third-order valence-corrected chi connectivity index (χ3v) is 7.11. The average Bonchev–Trinajstić information content (AvgIpc) is 3.21. The maximum absolute atomic E-state index is 13.4. The zero-order valence-corrected chi connectivity index (χ0v) is 19.5. The Labute approximate surface area is 201 Å². The number of halogens is 3. The van der Waals surface area contributed by atoms with E-state index >= 15 is 0 Å². The van der Waals surface area contributed by atoms with Crippen LogP contribution in [0.25, 0.3) is 0 Å². The van der Waals surface area contributed by atoms with E-state index in [-0.39, 0.29) is 18.4 Å². The van der Waals surface area contributed by atoms with Gasteiger partial charge in [0.1, 0.15) is 5.69 Å². The number of carbonyl (C=O) groups excluding carboxylic acids is 2. The molecule has 2 fully saturated rings. The number of aromatic nitrogens is 1. The van der Waals surface area contributed by atoms with E-state index < -0.39 is 28.6 Å². The Balaban J connectivity index is 1.57. The number of likely N-dealkylation sites (tertiary alicyclic amines) is 1. The molecular weight excluding hydrogens is 459 g/mol. The second-order valence-corrected chi connectivity index (χ2v) is 9.37. The molecule has 7 nitrogen and oxygen atoms in total. The van der Waals surface area contributed by atoms with E-state index in [0.29, 0.717) is 43.9 Å². The third-order valence-electron chi connectivity index (χ3n) is 7.11. The number of rotatable bonds is 3. The molecule has 35 heavy (non-hydrogen) atoms. The fraction of sp³-hybridized carbons (Fsp3) is 0.440. The van der Waals surface area contributed by atoms with Gasteiger partial charge >= 0.3 is 6.18 Å². The summed E-state index contributed by atoms with van der Waals surface area (Å²) in [5, 5.41) is 9.06. The summed E-state index contributed by atoms with van der Waals surface area (Å²) in [6, 6.07) is 10.5. The van der Waals surface area contributed by atoms with Crippen molar-refractivity contribution >= 4 is 17.5 Å². The Hall–Kier alpha value is -3.61. The van der Waals surface area contributed by atoms with Crippen molar-refractivity contribution in [3.8, 4) is 6.07 Å². The van der Waals surface area contributed by atoms with E-state index in [1.165, 1.54) is 17.0 Å². The molecule has 1 atom stereocenters. The smallest absolute Gasteiger partial charge is 0.371 e. The van der Waals surface area contributed by atoms with Crippen LogP contribution in [0.1, 0.15) is 34.5 Å². The molecule has 0 N–H and O–H groups in total. The lowest BCUT2D eigenvalue weighted by atomic mass is 9.70. The van der Waals surface area contributed by atoms with Gasteiger partial charge in [0.05, 0.1) is 23.1 Å². The molecule has 1 aromatic carbocycles. The van der Waals surface area contributed by atoms with Crippen molar-refractivity contribution in [1.29, 1.82) is 5.26 Å². The number of piperidine rings is 1. The number of pyridine rings is 1. The normalized spacial score (nSPS) is 19.5. The molecule has 0 bridgehead atoms. The minimum Gasteiger partial charge on any atom is -0.371 e. The van der Waals surface area contributed by atoms with Crippen molar-refractivity contribution < 1.29 is 22.8 Å². The SMILES string of the molecule is CN(C)C(=O)C1CN(C(=O)c2ccccn2)CC12CCN(c1ccc(C#N)c(C(F)(F)F)c1)CC2. The summed E-state index contributed by atoms with van der Waals surface area (Å²) in [5.74, 6) is -0.699.